The number of benzene rings is 1. The van der Waals surface area contributed by atoms with E-state index < -0.39 is 10.0 Å². The van der Waals surface area contributed by atoms with Gasteiger partial charge in [-0.15, -0.1) is 0 Å². The van der Waals surface area contributed by atoms with Gasteiger partial charge in [0.2, 0.25) is 15.9 Å². The van der Waals surface area contributed by atoms with Crippen LogP contribution in [-0.4, -0.2) is 65.2 Å². The Hall–Kier alpha value is -2.16. The summed E-state index contributed by atoms with van der Waals surface area (Å²) in [5, 5.41) is 5.32. The molecule has 0 N–H and O–H groups in total. The molecule has 2 aromatic rings. The molecular weight excluding hydrogens is 448 g/mol. The molecule has 1 saturated heterocycles. The minimum Gasteiger partial charge on any atom is -0.339 e. The Morgan fingerprint density at radius 3 is 2.53 bits per heavy atom. The number of amides is 1. The van der Waals surface area contributed by atoms with Crippen LogP contribution in [0.25, 0.3) is 6.08 Å². The van der Waals surface area contributed by atoms with E-state index in [1.165, 1.54) is 4.31 Å². The highest BCUT2D eigenvalue weighted by Gasteiger charge is 2.29. The summed E-state index contributed by atoms with van der Waals surface area (Å²) in [6, 6.07) is 7.63. The number of carbonyl (C=O) groups is 1. The molecule has 1 aliphatic rings. The lowest BCUT2D eigenvalue weighted by Gasteiger charge is -2.35. The van der Waals surface area contributed by atoms with Crippen molar-refractivity contribution < 1.29 is 13.2 Å². The third-order valence-electron chi connectivity index (χ3n) is 6.20. The molecule has 174 valence electrons. The Balaban J connectivity index is 1.64. The zero-order chi connectivity index (χ0) is 23.5. The van der Waals surface area contributed by atoms with Crippen LogP contribution in [-0.2, 0) is 21.4 Å². The Morgan fingerprint density at radius 1 is 1.25 bits per heavy atom. The largest absolute Gasteiger partial charge is 0.339 e. The van der Waals surface area contributed by atoms with Crippen molar-refractivity contribution in [1.29, 1.82) is 0 Å². The first-order valence-corrected chi connectivity index (χ1v) is 12.8. The lowest BCUT2D eigenvalue weighted by Crippen LogP contribution is -2.47. The van der Waals surface area contributed by atoms with E-state index in [4.69, 9.17) is 11.6 Å². The minimum atomic E-state index is -3.22. The molecule has 9 heteroatoms. The molecule has 1 amide bonds. The van der Waals surface area contributed by atoms with E-state index in [2.05, 4.69) is 5.10 Å². The van der Waals surface area contributed by atoms with Gasteiger partial charge in [-0.2, -0.15) is 5.10 Å². The number of aryl methyl sites for hydroxylation is 1. The van der Waals surface area contributed by atoms with Crippen molar-refractivity contribution in [2.45, 2.75) is 46.2 Å². The Bertz CT molecular complexity index is 1100. The third-order valence-corrected chi connectivity index (χ3v) is 8.48. The second-order valence-electron chi connectivity index (χ2n) is 8.14. The van der Waals surface area contributed by atoms with Crippen LogP contribution in [0.15, 0.2) is 30.3 Å². The fourth-order valence-electron chi connectivity index (χ4n) is 4.03. The van der Waals surface area contributed by atoms with Gasteiger partial charge in [-0.1, -0.05) is 29.8 Å². The van der Waals surface area contributed by atoms with Gasteiger partial charge in [0.25, 0.3) is 0 Å². The van der Waals surface area contributed by atoms with Crippen LogP contribution >= 0.6 is 11.6 Å². The van der Waals surface area contributed by atoms with Crippen LogP contribution in [0.4, 0.5) is 0 Å². The van der Waals surface area contributed by atoms with Crippen molar-refractivity contribution in [1.82, 2.24) is 19.0 Å². The predicted molar refractivity (Wildman–Crippen MR) is 128 cm³/mol. The number of piperidine rings is 1. The second kappa shape index (κ2) is 10.2. The Morgan fingerprint density at radius 2 is 1.91 bits per heavy atom. The molecule has 0 spiro atoms. The van der Waals surface area contributed by atoms with Crippen molar-refractivity contribution in [3.05, 3.63) is 57.9 Å². The fraction of sp³-hybridized carbons (Fsp3) is 0.478. The van der Waals surface area contributed by atoms with Gasteiger partial charge in [-0.3, -0.25) is 9.48 Å². The van der Waals surface area contributed by atoms with Crippen LogP contribution in [0, 0.1) is 13.8 Å². The number of halogens is 1. The number of aromatic nitrogens is 2. The normalized spacial score (nSPS) is 15.8. The molecule has 1 aromatic heterocycles. The van der Waals surface area contributed by atoms with Gasteiger partial charge in [0.05, 0.1) is 18.0 Å². The topological polar surface area (TPSA) is 75.5 Å². The van der Waals surface area contributed by atoms with E-state index in [0.717, 1.165) is 22.5 Å². The van der Waals surface area contributed by atoms with E-state index in [9.17, 15) is 13.2 Å². The molecule has 0 saturated carbocycles. The number of carbonyl (C=O) groups excluding carboxylic acids is 1. The summed E-state index contributed by atoms with van der Waals surface area (Å²) in [6.07, 6.45) is 4.69. The lowest BCUT2D eigenvalue weighted by molar-refractivity contribution is -0.127. The molecule has 1 aromatic carbocycles. The summed E-state index contributed by atoms with van der Waals surface area (Å²) >= 11 is 6.28. The van der Waals surface area contributed by atoms with Gasteiger partial charge >= 0.3 is 0 Å². The molecule has 0 radical (unpaired) electrons. The molecule has 0 bridgehead atoms. The highest BCUT2D eigenvalue weighted by atomic mass is 35.5. The van der Waals surface area contributed by atoms with Crippen LogP contribution in [0.3, 0.4) is 0 Å². The molecule has 0 atom stereocenters. The molecule has 7 nitrogen and oxygen atoms in total. The van der Waals surface area contributed by atoms with E-state index in [1.807, 2.05) is 48.9 Å². The highest BCUT2D eigenvalue weighted by Crippen LogP contribution is 2.21. The van der Waals surface area contributed by atoms with Crippen molar-refractivity contribution in [3.8, 4) is 0 Å². The predicted octanol–water partition coefficient (Wildman–Crippen LogP) is 3.49. The molecule has 0 aliphatic carbocycles. The molecular formula is C23H31ClN4O3S. The SMILES string of the molecule is CCS(=O)(=O)N(C)C1CCN(C(=O)/C=C/c2c(C)nn(Cc3ccccc3Cl)c2C)CC1. The average Bonchev–Trinajstić information content (AvgIpc) is 3.05. The van der Waals surface area contributed by atoms with Crippen molar-refractivity contribution >= 4 is 33.6 Å². The van der Waals surface area contributed by atoms with Gasteiger partial charge in [-0.05, 0) is 51.3 Å². The highest BCUT2D eigenvalue weighted by molar-refractivity contribution is 7.89. The minimum absolute atomic E-state index is 0.0551. The average molecular weight is 479 g/mol. The van der Waals surface area contributed by atoms with Gasteiger partial charge in [-0.25, -0.2) is 12.7 Å². The van der Waals surface area contributed by atoms with Gasteiger partial charge in [0.15, 0.2) is 0 Å². The standard InChI is InChI=1S/C23H31ClN4O3S/c1-5-32(30,31)26(4)20-12-14-27(15-13-20)23(29)11-10-21-17(2)25-28(18(21)3)16-19-8-6-7-9-22(19)24/h6-11,20H,5,12-16H2,1-4H3/b11-10+. The Kier molecular flexibility index (Phi) is 7.79. The number of likely N-dealkylation sites (tertiary alicyclic amines) is 1. The summed E-state index contributed by atoms with van der Waals surface area (Å²) in [5.41, 5.74) is 3.73. The first-order chi connectivity index (χ1) is 15.1. The summed E-state index contributed by atoms with van der Waals surface area (Å²) < 4.78 is 27.5. The number of sulfonamides is 1. The maximum absolute atomic E-state index is 12.7. The summed E-state index contributed by atoms with van der Waals surface area (Å²) in [7, 11) is -1.58. The third kappa shape index (κ3) is 5.42. The fourth-order valence-corrected chi connectivity index (χ4v) is 5.30. The molecule has 3 rings (SSSR count). The first kappa shape index (κ1) is 24.5. The maximum Gasteiger partial charge on any atom is 0.246 e. The maximum atomic E-state index is 12.7. The lowest BCUT2D eigenvalue weighted by atomic mass is 10.1. The smallest absolute Gasteiger partial charge is 0.246 e. The second-order valence-corrected chi connectivity index (χ2v) is 10.9. The van der Waals surface area contributed by atoms with Crippen LogP contribution < -0.4 is 0 Å². The van der Waals surface area contributed by atoms with Gasteiger partial charge in [0, 0.05) is 48.5 Å². The van der Waals surface area contributed by atoms with Crippen molar-refractivity contribution in [3.63, 3.8) is 0 Å². The number of nitrogens with zero attached hydrogens (tertiary/aromatic N) is 4. The zero-order valence-corrected chi connectivity index (χ0v) is 20.7. The van der Waals surface area contributed by atoms with E-state index >= 15 is 0 Å². The van der Waals surface area contributed by atoms with Crippen LogP contribution in [0.1, 0.15) is 42.3 Å². The van der Waals surface area contributed by atoms with Crippen LogP contribution in [0.5, 0.6) is 0 Å². The van der Waals surface area contributed by atoms with E-state index in [1.54, 1.807) is 24.9 Å². The molecule has 2 heterocycles. The van der Waals surface area contributed by atoms with Crippen LogP contribution in [0.2, 0.25) is 5.02 Å². The first-order valence-electron chi connectivity index (χ1n) is 10.8. The number of rotatable bonds is 7. The molecule has 1 fully saturated rings. The molecule has 0 unspecified atom stereocenters. The van der Waals surface area contributed by atoms with Crippen molar-refractivity contribution in [2.24, 2.45) is 0 Å². The van der Waals surface area contributed by atoms with E-state index in [0.29, 0.717) is 37.5 Å². The monoisotopic (exact) mass is 478 g/mol. The van der Waals surface area contributed by atoms with Gasteiger partial charge in [0.1, 0.15) is 0 Å². The summed E-state index contributed by atoms with van der Waals surface area (Å²) in [4.78, 5) is 14.5. The van der Waals surface area contributed by atoms with Gasteiger partial charge < -0.3 is 4.90 Å². The zero-order valence-electron chi connectivity index (χ0n) is 19.1. The molecule has 1 aliphatic heterocycles. The Labute approximate surface area is 195 Å². The number of hydrogen-bond acceptors (Lipinski definition) is 4. The summed E-state index contributed by atoms with van der Waals surface area (Å²) in [5.74, 6) is 0.0240. The quantitative estimate of drug-likeness (QED) is 0.571. The summed E-state index contributed by atoms with van der Waals surface area (Å²) in [6.45, 7) is 7.21. The number of hydrogen-bond donors (Lipinski definition) is 0. The van der Waals surface area contributed by atoms with Crippen molar-refractivity contribution in [2.75, 3.05) is 25.9 Å². The molecule has 32 heavy (non-hydrogen) atoms. The van der Waals surface area contributed by atoms with E-state index in [-0.39, 0.29) is 17.7 Å².